The molecule has 266 valence electrons. The van der Waals surface area contributed by atoms with Crippen molar-refractivity contribution >= 4 is 47.9 Å². The van der Waals surface area contributed by atoms with Crippen molar-refractivity contribution in [1.29, 1.82) is 0 Å². The Labute approximate surface area is 290 Å². The Hall–Kier alpha value is -4.58. The first-order valence-electron chi connectivity index (χ1n) is 16.9. The van der Waals surface area contributed by atoms with Crippen molar-refractivity contribution in [2.24, 2.45) is 11.7 Å². The van der Waals surface area contributed by atoms with Crippen molar-refractivity contribution in [1.82, 2.24) is 21.3 Å². The van der Waals surface area contributed by atoms with Crippen LogP contribution in [-0.4, -0.2) is 57.4 Å². The molecule has 1 heterocycles. The van der Waals surface area contributed by atoms with E-state index in [1.165, 1.54) is 0 Å². The second kappa shape index (κ2) is 16.0. The molecular formula is C36H44N5O8P. The minimum Gasteiger partial charge on any atom is -0.370 e. The van der Waals surface area contributed by atoms with E-state index in [9.17, 15) is 38.3 Å². The van der Waals surface area contributed by atoms with Crippen molar-refractivity contribution in [2.75, 3.05) is 6.54 Å². The zero-order valence-corrected chi connectivity index (χ0v) is 28.6. The molecule has 5 rings (SSSR count). The Balaban J connectivity index is 1.49. The fraction of sp³-hybridized carbons (Fsp3) is 0.417. The quantitative estimate of drug-likeness (QED) is 0.181. The lowest BCUT2D eigenvalue weighted by atomic mass is 9.80. The number of amides is 5. The summed E-state index contributed by atoms with van der Waals surface area (Å²) in [6, 6.07) is 17.9. The molecule has 14 heteroatoms. The van der Waals surface area contributed by atoms with Crippen LogP contribution >= 0.6 is 7.60 Å². The number of hydrogen-bond donors (Lipinski definition) is 7. The first kappa shape index (κ1) is 36.7. The topological polar surface area (TPSA) is 217 Å². The minimum absolute atomic E-state index is 0.0330. The molecule has 1 saturated carbocycles. The fourth-order valence-electron chi connectivity index (χ4n) is 7.00. The average Bonchev–Trinajstić information content (AvgIpc) is 3.06. The van der Waals surface area contributed by atoms with E-state index in [2.05, 4.69) is 21.3 Å². The van der Waals surface area contributed by atoms with Gasteiger partial charge in [0.1, 0.15) is 11.6 Å². The maximum atomic E-state index is 13.9. The molecule has 50 heavy (non-hydrogen) atoms. The first-order valence-corrected chi connectivity index (χ1v) is 18.7. The Morgan fingerprint density at radius 2 is 1.56 bits per heavy atom. The van der Waals surface area contributed by atoms with E-state index in [1.807, 2.05) is 42.5 Å². The van der Waals surface area contributed by atoms with Crippen molar-refractivity contribution in [3.05, 3.63) is 83.4 Å². The molecule has 0 aromatic heterocycles. The SMILES string of the molecule is NC(=O)C[C@@H]1NC(=O)C2(CCCCC2)NC(=O)C[C@@H](c2ccc(CP(=O)(O)O)cc2)NC(=O)C[C@@H](Cc2cccc3ccccc23)CNC1=O. The van der Waals surface area contributed by atoms with Gasteiger partial charge in [0.25, 0.3) is 0 Å². The number of fused-ring (bicyclic) bond motifs is 1. The molecule has 13 nitrogen and oxygen atoms in total. The van der Waals surface area contributed by atoms with Crippen LogP contribution < -0.4 is 27.0 Å². The Bertz CT molecular complexity index is 1780. The van der Waals surface area contributed by atoms with Gasteiger partial charge in [0.05, 0.1) is 25.0 Å². The van der Waals surface area contributed by atoms with E-state index in [0.717, 1.165) is 22.8 Å². The second-order valence-electron chi connectivity index (χ2n) is 13.4. The van der Waals surface area contributed by atoms with Crippen LogP contribution in [0.4, 0.5) is 0 Å². The van der Waals surface area contributed by atoms with Gasteiger partial charge in [-0.25, -0.2) is 0 Å². The average molecular weight is 706 g/mol. The second-order valence-corrected chi connectivity index (χ2v) is 15.1. The van der Waals surface area contributed by atoms with Gasteiger partial charge in [0, 0.05) is 13.0 Å². The van der Waals surface area contributed by atoms with E-state index in [1.54, 1.807) is 24.3 Å². The number of carbonyl (C=O) groups is 5. The molecule has 0 bridgehead atoms. The van der Waals surface area contributed by atoms with Crippen LogP contribution in [0.2, 0.25) is 0 Å². The van der Waals surface area contributed by atoms with E-state index in [4.69, 9.17) is 5.73 Å². The fourth-order valence-corrected chi connectivity index (χ4v) is 7.69. The largest absolute Gasteiger partial charge is 0.370 e. The molecule has 1 spiro atoms. The molecule has 2 fully saturated rings. The van der Waals surface area contributed by atoms with Crippen LogP contribution in [0.3, 0.4) is 0 Å². The highest BCUT2D eigenvalue weighted by Gasteiger charge is 2.43. The maximum Gasteiger partial charge on any atom is 0.329 e. The van der Waals surface area contributed by atoms with E-state index >= 15 is 0 Å². The van der Waals surface area contributed by atoms with Gasteiger partial charge in [-0.05, 0) is 52.6 Å². The van der Waals surface area contributed by atoms with Gasteiger partial charge in [-0.2, -0.15) is 0 Å². The Morgan fingerprint density at radius 1 is 0.860 bits per heavy atom. The lowest BCUT2D eigenvalue weighted by molar-refractivity contribution is -0.138. The van der Waals surface area contributed by atoms with Gasteiger partial charge in [-0.15, -0.1) is 0 Å². The summed E-state index contributed by atoms with van der Waals surface area (Å²) < 4.78 is 11.6. The highest BCUT2D eigenvalue weighted by Crippen LogP contribution is 2.39. The number of carbonyl (C=O) groups excluding carboxylic acids is 5. The molecular weight excluding hydrogens is 661 g/mol. The van der Waals surface area contributed by atoms with E-state index in [0.29, 0.717) is 43.2 Å². The van der Waals surface area contributed by atoms with Gasteiger partial charge < -0.3 is 36.8 Å². The summed E-state index contributed by atoms with van der Waals surface area (Å²) in [4.78, 5) is 85.8. The number of nitrogens with one attached hydrogen (secondary N) is 4. The lowest BCUT2D eigenvalue weighted by Gasteiger charge is -2.38. The lowest BCUT2D eigenvalue weighted by Crippen LogP contribution is -2.63. The molecule has 0 unspecified atom stereocenters. The number of rotatable bonds is 7. The highest BCUT2D eigenvalue weighted by molar-refractivity contribution is 7.50. The van der Waals surface area contributed by atoms with Crippen LogP contribution in [-0.2, 0) is 41.1 Å². The van der Waals surface area contributed by atoms with Crippen LogP contribution in [0, 0.1) is 5.92 Å². The normalized spacial score (nSPS) is 22.4. The summed E-state index contributed by atoms with van der Waals surface area (Å²) in [5.41, 5.74) is 6.03. The Kier molecular flexibility index (Phi) is 11.7. The predicted octanol–water partition coefficient (Wildman–Crippen LogP) is 2.62. The molecule has 3 aromatic rings. The zero-order valence-electron chi connectivity index (χ0n) is 27.7. The first-order chi connectivity index (χ1) is 23.8. The maximum absolute atomic E-state index is 13.9. The summed E-state index contributed by atoms with van der Waals surface area (Å²) in [6.45, 7) is 0.0463. The summed E-state index contributed by atoms with van der Waals surface area (Å²) >= 11 is 0. The third-order valence-corrected chi connectivity index (χ3v) is 10.2. The molecule has 3 aromatic carbocycles. The summed E-state index contributed by atoms with van der Waals surface area (Å²) in [5, 5.41) is 13.4. The van der Waals surface area contributed by atoms with E-state index < -0.39 is 67.3 Å². The molecule has 2 aliphatic rings. The number of primary amides is 1. The molecule has 0 radical (unpaired) electrons. The standard InChI is InChI=1S/C36H44N5O8P/c37-31(42)19-30-34(45)38-21-24(17-27-9-6-8-25-7-2-3-10-28(25)27)18-32(43)39-29(26-13-11-23(12-14-26)22-50(47,48)49)20-33(44)41-36(35(46)40-30)15-4-1-5-16-36/h2-3,6-14,24,29-30H,1,4-5,15-22H2,(H2,37,42)(H,38,45)(H,39,43)(H,40,46)(H,41,44)(H2,47,48,49)/t24-,29+,30+/m1/s1. The zero-order chi connectivity index (χ0) is 35.9. The molecule has 3 atom stereocenters. The van der Waals surface area contributed by atoms with Crippen LogP contribution in [0.5, 0.6) is 0 Å². The van der Waals surface area contributed by atoms with Gasteiger partial charge in [-0.3, -0.25) is 28.5 Å². The van der Waals surface area contributed by atoms with Crippen molar-refractivity contribution in [3.63, 3.8) is 0 Å². The summed E-state index contributed by atoms with van der Waals surface area (Å²) in [6.07, 6.45) is 2.03. The van der Waals surface area contributed by atoms with Crippen LogP contribution in [0.15, 0.2) is 66.7 Å². The highest BCUT2D eigenvalue weighted by atomic mass is 31.2. The van der Waals surface area contributed by atoms with Crippen LogP contribution in [0.1, 0.15) is 74.1 Å². The Morgan fingerprint density at radius 3 is 2.26 bits per heavy atom. The van der Waals surface area contributed by atoms with Gasteiger partial charge in [-0.1, -0.05) is 86.0 Å². The summed E-state index contributed by atoms with van der Waals surface area (Å²) in [7, 11) is -4.32. The number of nitrogens with two attached hydrogens (primary N) is 1. The van der Waals surface area contributed by atoms with Gasteiger partial charge >= 0.3 is 7.60 Å². The van der Waals surface area contributed by atoms with Crippen molar-refractivity contribution in [2.45, 2.75) is 81.6 Å². The smallest absolute Gasteiger partial charge is 0.329 e. The molecule has 5 amide bonds. The molecule has 8 N–H and O–H groups in total. The third-order valence-electron chi connectivity index (χ3n) is 9.47. The number of benzene rings is 3. The molecule has 1 aliphatic heterocycles. The van der Waals surface area contributed by atoms with Crippen LogP contribution in [0.25, 0.3) is 10.8 Å². The molecule has 1 saturated heterocycles. The van der Waals surface area contributed by atoms with Gasteiger partial charge in [0.2, 0.25) is 29.5 Å². The predicted molar refractivity (Wildman–Crippen MR) is 186 cm³/mol. The van der Waals surface area contributed by atoms with Crippen molar-refractivity contribution in [3.8, 4) is 0 Å². The van der Waals surface area contributed by atoms with Crippen molar-refractivity contribution < 1.29 is 38.3 Å². The number of hydrogen-bond acceptors (Lipinski definition) is 6. The van der Waals surface area contributed by atoms with E-state index in [-0.39, 0.29) is 25.3 Å². The monoisotopic (exact) mass is 705 g/mol. The summed E-state index contributed by atoms with van der Waals surface area (Å²) in [5.74, 6) is -3.31. The molecule has 1 aliphatic carbocycles. The van der Waals surface area contributed by atoms with Gasteiger partial charge in [0.15, 0.2) is 0 Å². The minimum atomic E-state index is -4.32. The third kappa shape index (κ3) is 9.77.